The van der Waals surface area contributed by atoms with E-state index in [1.54, 1.807) is 12.1 Å². The van der Waals surface area contributed by atoms with Crippen molar-refractivity contribution in [2.45, 2.75) is 6.42 Å². The predicted molar refractivity (Wildman–Crippen MR) is 111 cm³/mol. The second kappa shape index (κ2) is 7.90. The summed E-state index contributed by atoms with van der Waals surface area (Å²) >= 11 is 0. The van der Waals surface area contributed by atoms with Crippen LogP contribution in [0.3, 0.4) is 0 Å². The van der Waals surface area contributed by atoms with Crippen LogP contribution in [0.4, 0.5) is 4.39 Å². The first-order chi connectivity index (χ1) is 13.7. The maximum absolute atomic E-state index is 13.1. The molecule has 0 aliphatic rings. The zero-order valence-corrected chi connectivity index (χ0v) is 15.3. The van der Waals surface area contributed by atoms with Crippen molar-refractivity contribution in [3.8, 4) is 28.3 Å². The molecule has 0 aliphatic carbocycles. The monoisotopic (exact) mass is 363 g/mol. The van der Waals surface area contributed by atoms with E-state index >= 15 is 0 Å². The molecule has 0 aliphatic heterocycles. The second-order valence-electron chi connectivity index (χ2n) is 6.77. The Bertz CT molecular complexity index is 1100. The summed E-state index contributed by atoms with van der Waals surface area (Å²) in [6.07, 6.45) is 0.858. The molecule has 0 unspecified atom stereocenters. The van der Waals surface area contributed by atoms with Crippen molar-refractivity contribution >= 4 is 0 Å². The molecule has 2 heteroatoms. The first kappa shape index (κ1) is 17.7. The van der Waals surface area contributed by atoms with Gasteiger partial charge in [-0.1, -0.05) is 72.8 Å². The van der Waals surface area contributed by atoms with Crippen LogP contribution in [-0.2, 0) is 6.42 Å². The first-order valence-electron chi connectivity index (χ1n) is 9.16. The molecule has 0 N–H and O–H groups in total. The van der Waals surface area contributed by atoms with Gasteiger partial charge in [0.25, 0.3) is 0 Å². The quantitative estimate of drug-likeness (QED) is 0.399. The van der Waals surface area contributed by atoms with Crippen LogP contribution in [0.5, 0.6) is 0 Å². The molecule has 0 bridgehead atoms. The summed E-state index contributed by atoms with van der Waals surface area (Å²) in [5, 5.41) is 8.90. The van der Waals surface area contributed by atoms with Crippen LogP contribution >= 0.6 is 0 Å². The van der Waals surface area contributed by atoms with Gasteiger partial charge in [-0.2, -0.15) is 5.26 Å². The van der Waals surface area contributed by atoms with Crippen molar-refractivity contribution in [1.29, 1.82) is 5.26 Å². The Balaban J connectivity index is 1.46. The molecule has 0 saturated carbocycles. The highest BCUT2D eigenvalue weighted by Gasteiger charge is 2.02. The number of nitrogens with zero attached hydrogens (tertiary/aromatic N) is 1. The van der Waals surface area contributed by atoms with Gasteiger partial charge in [-0.3, -0.25) is 0 Å². The van der Waals surface area contributed by atoms with E-state index in [9.17, 15) is 4.39 Å². The molecule has 0 heterocycles. The topological polar surface area (TPSA) is 23.8 Å². The number of benzene rings is 4. The Morgan fingerprint density at radius 3 is 1.29 bits per heavy atom. The van der Waals surface area contributed by atoms with Gasteiger partial charge in [0.1, 0.15) is 5.82 Å². The van der Waals surface area contributed by atoms with Crippen LogP contribution < -0.4 is 0 Å². The smallest absolute Gasteiger partial charge is 0.123 e. The molecule has 0 saturated heterocycles. The lowest BCUT2D eigenvalue weighted by molar-refractivity contribution is 0.628. The molecule has 0 atom stereocenters. The van der Waals surface area contributed by atoms with E-state index in [0.717, 1.165) is 28.7 Å². The summed E-state index contributed by atoms with van der Waals surface area (Å²) in [5.41, 5.74) is 7.49. The molecule has 0 aromatic heterocycles. The highest BCUT2D eigenvalue weighted by Crippen LogP contribution is 2.23. The van der Waals surface area contributed by atoms with E-state index in [1.165, 1.54) is 23.3 Å². The van der Waals surface area contributed by atoms with Gasteiger partial charge in [0, 0.05) is 0 Å². The summed E-state index contributed by atoms with van der Waals surface area (Å²) in [6, 6.07) is 33.2. The van der Waals surface area contributed by atoms with Crippen molar-refractivity contribution in [1.82, 2.24) is 0 Å². The number of hydrogen-bond acceptors (Lipinski definition) is 1. The van der Waals surface area contributed by atoms with E-state index in [4.69, 9.17) is 5.26 Å². The molecule has 0 spiro atoms. The molecular formula is C26H18FN. The third-order valence-electron chi connectivity index (χ3n) is 4.84. The fourth-order valence-corrected chi connectivity index (χ4v) is 3.25. The molecule has 28 heavy (non-hydrogen) atoms. The van der Waals surface area contributed by atoms with Crippen molar-refractivity contribution < 1.29 is 4.39 Å². The van der Waals surface area contributed by atoms with Gasteiger partial charge in [0.15, 0.2) is 0 Å². The van der Waals surface area contributed by atoms with Gasteiger partial charge in [-0.25, -0.2) is 4.39 Å². The van der Waals surface area contributed by atoms with E-state index in [0.29, 0.717) is 5.56 Å². The number of rotatable bonds is 4. The average Bonchev–Trinajstić information content (AvgIpc) is 2.76. The first-order valence-corrected chi connectivity index (χ1v) is 9.16. The van der Waals surface area contributed by atoms with Gasteiger partial charge in [0.2, 0.25) is 0 Å². The lowest BCUT2D eigenvalue weighted by atomic mass is 9.98. The highest BCUT2D eigenvalue weighted by molar-refractivity contribution is 5.65. The fourth-order valence-electron chi connectivity index (χ4n) is 3.25. The van der Waals surface area contributed by atoms with Crippen LogP contribution in [0.2, 0.25) is 0 Å². The maximum atomic E-state index is 13.1. The molecule has 0 fully saturated rings. The Morgan fingerprint density at radius 1 is 0.536 bits per heavy atom. The van der Waals surface area contributed by atoms with E-state index in [2.05, 4.69) is 54.6 Å². The normalized spacial score (nSPS) is 10.4. The van der Waals surface area contributed by atoms with Crippen molar-refractivity contribution in [2.75, 3.05) is 0 Å². The lowest BCUT2D eigenvalue weighted by Crippen LogP contribution is -1.89. The van der Waals surface area contributed by atoms with Gasteiger partial charge >= 0.3 is 0 Å². The summed E-state index contributed by atoms with van der Waals surface area (Å²) in [7, 11) is 0. The number of hydrogen-bond donors (Lipinski definition) is 0. The Hall–Kier alpha value is -3.70. The highest BCUT2D eigenvalue weighted by atomic mass is 19.1. The van der Waals surface area contributed by atoms with Gasteiger partial charge in [-0.15, -0.1) is 0 Å². The standard InChI is InChI=1S/C26H18FN/c27-26-15-13-25(14-16-26)23-9-3-20(4-10-23)17-19-1-7-22(8-2-19)24-11-5-21(18-28)6-12-24/h1-16H,17H2. The zero-order chi connectivity index (χ0) is 19.3. The van der Waals surface area contributed by atoms with Gasteiger partial charge < -0.3 is 0 Å². The Labute approximate surface area is 164 Å². The Kier molecular flexibility index (Phi) is 4.99. The molecule has 1 nitrogen and oxygen atoms in total. The maximum Gasteiger partial charge on any atom is 0.123 e. The van der Waals surface area contributed by atoms with E-state index < -0.39 is 0 Å². The molecule has 0 radical (unpaired) electrons. The molecule has 4 aromatic carbocycles. The largest absolute Gasteiger partial charge is 0.207 e. The minimum Gasteiger partial charge on any atom is -0.207 e. The fraction of sp³-hybridized carbons (Fsp3) is 0.0385. The van der Waals surface area contributed by atoms with E-state index in [1.807, 2.05) is 24.3 Å². The minimum atomic E-state index is -0.218. The van der Waals surface area contributed by atoms with Gasteiger partial charge in [0.05, 0.1) is 11.6 Å². The van der Waals surface area contributed by atoms with E-state index in [-0.39, 0.29) is 5.82 Å². The number of halogens is 1. The van der Waals surface area contributed by atoms with Crippen molar-refractivity contribution in [2.24, 2.45) is 0 Å². The molecule has 134 valence electrons. The number of nitriles is 1. The molecule has 0 amide bonds. The average molecular weight is 363 g/mol. The summed E-state index contributed by atoms with van der Waals surface area (Å²) < 4.78 is 13.1. The van der Waals surface area contributed by atoms with Crippen LogP contribution in [-0.4, -0.2) is 0 Å². The third kappa shape index (κ3) is 4.00. The third-order valence-corrected chi connectivity index (χ3v) is 4.84. The molecule has 4 aromatic rings. The second-order valence-corrected chi connectivity index (χ2v) is 6.77. The van der Waals surface area contributed by atoms with Crippen LogP contribution in [0.15, 0.2) is 97.1 Å². The minimum absolute atomic E-state index is 0.218. The van der Waals surface area contributed by atoms with Crippen molar-refractivity contribution in [3.63, 3.8) is 0 Å². The summed E-state index contributed by atoms with van der Waals surface area (Å²) in [4.78, 5) is 0. The zero-order valence-electron chi connectivity index (χ0n) is 15.3. The molecule has 4 rings (SSSR count). The van der Waals surface area contributed by atoms with Crippen molar-refractivity contribution in [3.05, 3.63) is 120 Å². The SMILES string of the molecule is N#Cc1ccc(-c2ccc(Cc3ccc(-c4ccc(F)cc4)cc3)cc2)cc1. The van der Waals surface area contributed by atoms with Crippen LogP contribution in [0.1, 0.15) is 16.7 Å². The van der Waals surface area contributed by atoms with Gasteiger partial charge in [-0.05, 0) is 64.1 Å². The Morgan fingerprint density at radius 2 is 0.893 bits per heavy atom. The summed E-state index contributed by atoms with van der Waals surface area (Å²) in [6.45, 7) is 0. The van der Waals surface area contributed by atoms with Crippen LogP contribution in [0.25, 0.3) is 22.3 Å². The lowest BCUT2D eigenvalue weighted by Gasteiger charge is -2.07. The predicted octanol–water partition coefficient (Wildman–Crippen LogP) is 6.62. The molecular weight excluding hydrogens is 345 g/mol. The summed E-state index contributed by atoms with van der Waals surface area (Å²) in [5.74, 6) is -0.218. The van der Waals surface area contributed by atoms with Crippen LogP contribution in [0, 0.1) is 17.1 Å².